The molecule has 5 heteroatoms. The molecule has 1 aromatic heterocycles. The zero-order valence-corrected chi connectivity index (χ0v) is 12.3. The molecule has 1 heterocycles. The van der Waals surface area contributed by atoms with Gasteiger partial charge >= 0.3 is 0 Å². The van der Waals surface area contributed by atoms with E-state index in [0.717, 1.165) is 10.0 Å². The Morgan fingerprint density at radius 3 is 2.74 bits per heavy atom. The Bertz CT molecular complexity index is 628. The molecule has 0 radical (unpaired) electrons. The van der Waals surface area contributed by atoms with Gasteiger partial charge in [0.25, 0.3) is 5.91 Å². The molecule has 0 unspecified atom stereocenters. The van der Waals surface area contributed by atoms with Gasteiger partial charge in [-0.25, -0.2) is 0 Å². The minimum absolute atomic E-state index is 0.0945. The minimum atomic E-state index is -0.0945. The molecule has 2 aromatic rings. The Morgan fingerprint density at radius 1 is 1.37 bits per heavy atom. The van der Waals surface area contributed by atoms with E-state index in [1.54, 1.807) is 25.4 Å². The Morgan fingerprint density at radius 2 is 2.11 bits per heavy atom. The van der Waals surface area contributed by atoms with E-state index in [0.29, 0.717) is 16.9 Å². The fourth-order valence-corrected chi connectivity index (χ4v) is 2.34. The van der Waals surface area contributed by atoms with E-state index in [2.05, 4.69) is 20.9 Å². The van der Waals surface area contributed by atoms with E-state index >= 15 is 0 Å². The normalized spacial score (nSPS) is 10.3. The number of benzene rings is 1. The predicted molar refractivity (Wildman–Crippen MR) is 80.3 cm³/mol. The number of aromatic nitrogens is 1. The van der Waals surface area contributed by atoms with Gasteiger partial charge in [0.1, 0.15) is 0 Å². The largest absolute Gasteiger partial charge is 0.396 e. The average molecular weight is 320 g/mol. The Balaban J connectivity index is 2.37. The second-order valence-electron chi connectivity index (χ2n) is 4.26. The van der Waals surface area contributed by atoms with Crippen LogP contribution in [-0.2, 0) is 0 Å². The van der Waals surface area contributed by atoms with Crippen LogP contribution in [0.4, 0.5) is 11.4 Å². The van der Waals surface area contributed by atoms with Gasteiger partial charge in [0.2, 0.25) is 0 Å². The highest BCUT2D eigenvalue weighted by molar-refractivity contribution is 9.10. The lowest BCUT2D eigenvalue weighted by Crippen LogP contribution is -2.27. The summed E-state index contributed by atoms with van der Waals surface area (Å²) in [6.45, 7) is 1.90. The number of carbonyl (C=O) groups excluding carboxylic acids is 1. The summed E-state index contributed by atoms with van der Waals surface area (Å²) in [5, 5.41) is 0. The summed E-state index contributed by atoms with van der Waals surface area (Å²) in [5.74, 6) is -0.0945. The van der Waals surface area contributed by atoms with Crippen molar-refractivity contribution < 1.29 is 4.79 Å². The molecular weight excluding hydrogens is 306 g/mol. The van der Waals surface area contributed by atoms with Crippen LogP contribution in [0, 0.1) is 6.92 Å². The summed E-state index contributed by atoms with van der Waals surface area (Å²) in [4.78, 5) is 17.9. The lowest BCUT2D eigenvalue weighted by Gasteiger charge is -2.19. The zero-order chi connectivity index (χ0) is 14.0. The van der Waals surface area contributed by atoms with E-state index in [1.165, 1.54) is 11.1 Å². The third-order valence-electron chi connectivity index (χ3n) is 2.91. The van der Waals surface area contributed by atoms with Crippen LogP contribution in [0.5, 0.6) is 0 Å². The molecule has 1 aromatic carbocycles. The van der Waals surface area contributed by atoms with Crippen LogP contribution in [0.1, 0.15) is 15.9 Å². The molecule has 19 heavy (non-hydrogen) atoms. The summed E-state index contributed by atoms with van der Waals surface area (Å²) < 4.78 is 0.952. The number of carbonyl (C=O) groups is 1. The van der Waals surface area contributed by atoms with Gasteiger partial charge in [-0.15, -0.1) is 0 Å². The summed E-state index contributed by atoms with van der Waals surface area (Å²) in [7, 11) is 1.70. The van der Waals surface area contributed by atoms with Crippen LogP contribution in [0.2, 0.25) is 0 Å². The van der Waals surface area contributed by atoms with E-state index in [9.17, 15) is 4.79 Å². The van der Waals surface area contributed by atoms with Gasteiger partial charge in [0.15, 0.2) is 0 Å². The van der Waals surface area contributed by atoms with E-state index < -0.39 is 0 Å². The van der Waals surface area contributed by atoms with Crippen molar-refractivity contribution >= 4 is 33.2 Å². The van der Waals surface area contributed by atoms with Crippen LogP contribution in [0.25, 0.3) is 0 Å². The molecule has 4 nitrogen and oxygen atoms in total. The number of nitrogen functional groups attached to an aromatic ring is 1. The molecule has 0 aliphatic carbocycles. The monoisotopic (exact) mass is 319 g/mol. The fraction of sp³-hybridized carbons (Fsp3) is 0.143. The second kappa shape index (κ2) is 5.40. The first-order valence-electron chi connectivity index (χ1n) is 5.74. The summed E-state index contributed by atoms with van der Waals surface area (Å²) >= 11 is 3.39. The van der Waals surface area contributed by atoms with Gasteiger partial charge in [0.05, 0.1) is 17.6 Å². The molecule has 0 saturated carbocycles. The molecule has 0 bridgehead atoms. The number of nitrogens with zero attached hydrogens (tertiary/aromatic N) is 2. The molecule has 98 valence electrons. The highest BCUT2D eigenvalue weighted by Crippen LogP contribution is 2.23. The first kappa shape index (κ1) is 13.5. The van der Waals surface area contributed by atoms with Gasteiger partial charge in [-0.2, -0.15) is 0 Å². The van der Waals surface area contributed by atoms with Crippen molar-refractivity contribution in [1.82, 2.24) is 4.98 Å². The first-order valence-corrected chi connectivity index (χ1v) is 6.53. The number of hydrogen-bond donors (Lipinski definition) is 1. The number of anilines is 2. The summed E-state index contributed by atoms with van der Waals surface area (Å²) in [5.41, 5.74) is 8.54. The van der Waals surface area contributed by atoms with Crippen LogP contribution in [0.15, 0.2) is 41.1 Å². The van der Waals surface area contributed by atoms with Crippen LogP contribution in [-0.4, -0.2) is 17.9 Å². The fourth-order valence-electron chi connectivity index (χ4n) is 1.86. The molecule has 2 N–H and O–H groups in total. The maximum Gasteiger partial charge on any atom is 0.258 e. The van der Waals surface area contributed by atoms with Gasteiger partial charge in [-0.3, -0.25) is 9.78 Å². The number of aryl methyl sites for hydroxylation is 1. The molecule has 0 atom stereocenters. The topological polar surface area (TPSA) is 59.2 Å². The second-order valence-corrected chi connectivity index (χ2v) is 5.17. The number of halogens is 1. The molecule has 0 fully saturated rings. The quantitative estimate of drug-likeness (QED) is 0.925. The van der Waals surface area contributed by atoms with Crippen molar-refractivity contribution in [3.8, 4) is 0 Å². The Hall–Kier alpha value is -1.88. The van der Waals surface area contributed by atoms with Gasteiger partial charge < -0.3 is 10.6 Å². The maximum absolute atomic E-state index is 12.5. The number of amides is 1. The third-order valence-corrected chi connectivity index (χ3v) is 3.41. The van der Waals surface area contributed by atoms with Crippen molar-refractivity contribution in [2.24, 2.45) is 0 Å². The van der Waals surface area contributed by atoms with Gasteiger partial charge in [0, 0.05) is 23.3 Å². The molecule has 0 saturated heterocycles. The molecular formula is C14H14BrN3O. The number of pyridine rings is 1. The highest BCUT2D eigenvalue weighted by Gasteiger charge is 2.17. The highest BCUT2D eigenvalue weighted by atomic mass is 79.9. The van der Waals surface area contributed by atoms with E-state index in [-0.39, 0.29) is 5.91 Å². The van der Waals surface area contributed by atoms with Crippen LogP contribution in [0.3, 0.4) is 0 Å². The van der Waals surface area contributed by atoms with Crippen LogP contribution >= 0.6 is 15.9 Å². The SMILES string of the molecule is Cc1cc(Br)ccc1C(=O)N(C)c1ccncc1N. The molecule has 0 aliphatic rings. The smallest absolute Gasteiger partial charge is 0.258 e. The standard InChI is InChI=1S/C14H14BrN3O/c1-9-7-10(15)3-4-11(9)14(19)18(2)13-5-6-17-8-12(13)16/h3-8H,16H2,1-2H3. The number of hydrogen-bond acceptors (Lipinski definition) is 3. The first-order chi connectivity index (χ1) is 9.00. The number of nitrogens with two attached hydrogens (primary N) is 1. The van der Waals surface area contributed by atoms with Crippen molar-refractivity contribution in [3.63, 3.8) is 0 Å². The van der Waals surface area contributed by atoms with Gasteiger partial charge in [-0.05, 0) is 36.8 Å². The third kappa shape index (κ3) is 2.76. The van der Waals surface area contributed by atoms with Crippen molar-refractivity contribution in [2.45, 2.75) is 6.92 Å². The molecule has 1 amide bonds. The van der Waals surface area contributed by atoms with E-state index in [1.807, 2.05) is 19.1 Å². The lowest BCUT2D eigenvalue weighted by molar-refractivity contribution is 0.0992. The minimum Gasteiger partial charge on any atom is -0.396 e. The Kier molecular flexibility index (Phi) is 3.85. The summed E-state index contributed by atoms with van der Waals surface area (Å²) in [6, 6.07) is 7.29. The predicted octanol–water partition coefficient (Wildman–Crippen LogP) is 3.01. The van der Waals surface area contributed by atoms with Gasteiger partial charge in [-0.1, -0.05) is 15.9 Å². The molecule has 2 rings (SSSR count). The lowest BCUT2D eigenvalue weighted by atomic mass is 10.1. The van der Waals surface area contributed by atoms with E-state index in [4.69, 9.17) is 5.73 Å². The number of rotatable bonds is 2. The summed E-state index contributed by atoms with van der Waals surface area (Å²) in [6.07, 6.45) is 3.15. The van der Waals surface area contributed by atoms with Crippen LogP contribution < -0.4 is 10.6 Å². The molecule has 0 spiro atoms. The zero-order valence-electron chi connectivity index (χ0n) is 10.7. The molecule has 0 aliphatic heterocycles. The van der Waals surface area contributed by atoms with Crippen molar-refractivity contribution in [3.05, 3.63) is 52.3 Å². The average Bonchev–Trinajstić information content (AvgIpc) is 2.38. The van der Waals surface area contributed by atoms with Crippen molar-refractivity contribution in [2.75, 3.05) is 17.7 Å². The maximum atomic E-state index is 12.5. The van der Waals surface area contributed by atoms with Crippen molar-refractivity contribution in [1.29, 1.82) is 0 Å². The Labute approximate surface area is 120 Å².